The van der Waals surface area contributed by atoms with Crippen LogP contribution < -0.4 is 0 Å². The van der Waals surface area contributed by atoms with Gasteiger partial charge < -0.3 is 33.8 Å². The highest BCUT2D eigenvalue weighted by molar-refractivity contribution is 7.47. The van der Waals surface area contributed by atoms with Gasteiger partial charge in [-0.25, -0.2) is 9.13 Å². The first-order valence-electron chi connectivity index (χ1n) is 39.1. The van der Waals surface area contributed by atoms with E-state index in [4.69, 9.17) is 37.0 Å². The van der Waals surface area contributed by atoms with Gasteiger partial charge in [-0.3, -0.25) is 37.3 Å². The number of aliphatic hydroxyl groups excluding tert-OH is 1. The van der Waals surface area contributed by atoms with Crippen LogP contribution in [0.15, 0.2) is 109 Å². The van der Waals surface area contributed by atoms with Crippen LogP contribution in [0.2, 0.25) is 0 Å². The third kappa shape index (κ3) is 72.1. The third-order valence-electron chi connectivity index (χ3n) is 16.2. The normalized spacial score (nSPS) is 14.5. The van der Waals surface area contributed by atoms with Crippen LogP contribution >= 0.6 is 15.6 Å². The highest BCUT2D eigenvalue weighted by Crippen LogP contribution is 2.45. The molecule has 5 unspecified atom stereocenters. The first kappa shape index (κ1) is 95.7. The minimum atomic E-state index is -4.98. The fourth-order valence-electron chi connectivity index (χ4n) is 10.3. The number of rotatable bonds is 73. The maximum atomic E-state index is 13.1. The Labute approximate surface area is 607 Å². The number of carbonyl (C=O) groups excluding carboxylic acids is 4. The van der Waals surface area contributed by atoms with Crippen LogP contribution in [0.3, 0.4) is 0 Å². The molecule has 19 heteroatoms. The predicted molar refractivity (Wildman–Crippen MR) is 408 cm³/mol. The number of aliphatic hydroxyl groups is 1. The van der Waals surface area contributed by atoms with Crippen LogP contribution in [-0.4, -0.2) is 96.7 Å². The van der Waals surface area contributed by atoms with Crippen LogP contribution in [0.1, 0.15) is 323 Å². The Hall–Kier alpha value is -4.28. The zero-order valence-electron chi connectivity index (χ0n) is 62.8. The Balaban J connectivity index is 5.37. The first-order chi connectivity index (χ1) is 48.7. The number of phosphoric acid groups is 2. The second kappa shape index (κ2) is 73.0. The summed E-state index contributed by atoms with van der Waals surface area (Å²) < 4.78 is 68.5. The van der Waals surface area contributed by atoms with E-state index in [1.165, 1.54) is 64.2 Å². The number of ether oxygens (including phenoxy) is 4. The highest BCUT2D eigenvalue weighted by atomic mass is 31.2. The smallest absolute Gasteiger partial charge is 0.462 e. The number of carbonyl (C=O) groups is 4. The summed E-state index contributed by atoms with van der Waals surface area (Å²) in [5, 5.41) is 10.6. The first-order valence-corrected chi connectivity index (χ1v) is 42.1. The average molecular weight is 1450 g/mol. The fraction of sp³-hybridized carbons (Fsp3) is 0.728. The molecule has 0 aromatic heterocycles. The molecule has 0 aromatic rings. The fourth-order valence-corrected chi connectivity index (χ4v) is 11.8. The van der Waals surface area contributed by atoms with E-state index in [-0.39, 0.29) is 25.7 Å². The molecule has 0 heterocycles. The molecule has 0 rings (SSSR count). The van der Waals surface area contributed by atoms with Gasteiger partial charge in [0.05, 0.1) is 26.4 Å². The minimum Gasteiger partial charge on any atom is -0.462 e. The second-order valence-corrected chi connectivity index (χ2v) is 28.8. The number of esters is 4. The maximum Gasteiger partial charge on any atom is 0.472 e. The molecule has 0 aliphatic rings. The summed E-state index contributed by atoms with van der Waals surface area (Å²) in [5.74, 6) is -2.23. The quantitative estimate of drug-likeness (QED) is 0.0169. The van der Waals surface area contributed by atoms with Crippen molar-refractivity contribution in [3.63, 3.8) is 0 Å². The molecule has 0 saturated carbocycles. The third-order valence-corrected chi connectivity index (χ3v) is 18.1. The molecule has 3 N–H and O–H groups in total. The number of unbranched alkanes of at least 4 members (excludes halogenated alkanes) is 29. The van der Waals surface area contributed by atoms with Gasteiger partial charge in [-0.05, 0) is 122 Å². The number of phosphoric ester groups is 2. The molecule has 0 radical (unpaired) electrons. The molecule has 0 bridgehead atoms. The van der Waals surface area contributed by atoms with Gasteiger partial charge in [0.15, 0.2) is 12.2 Å². The summed E-state index contributed by atoms with van der Waals surface area (Å²) >= 11 is 0. The molecule has 17 nitrogen and oxygen atoms in total. The summed E-state index contributed by atoms with van der Waals surface area (Å²) in [4.78, 5) is 72.9. The van der Waals surface area contributed by atoms with Crippen LogP contribution in [0.4, 0.5) is 0 Å². The van der Waals surface area contributed by atoms with Gasteiger partial charge >= 0.3 is 39.5 Å². The van der Waals surface area contributed by atoms with E-state index in [0.29, 0.717) is 25.7 Å². The Morgan fingerprint density at radius 2 is 0.540 bits per heavy atom. The van der Waals surface area contributed by atoms with E-state index in [9.17, 15) is 43.2 Å². The Kier molecular flexibility index (Phi) is 69.9. The van der Waals surface area contributed by atoms with Crippen LogP contribution in [0.25, 0.3) is 0 Å². The van der Waals surface area contributed by atoms with Crippen molar-refractivity contribution in [1.29, 1.82) is 0 Å². The zero-order valence-corrected chi connectivity index (χ0v) is 64.6. The van der Waals surface area contributed by atoms with E-state index in [1.54, 1.807) is 0 Å². The number of allylic oxidation sites excluding steroid dienone is 18. The summed E-state index contributed by atoms with van der Waals surface area (Å²) in [6, 6.07) is 0. The summed E-state index contributed by atoms with van der Waals surface area (Å²) in [6.45, 7) is 4.59. The SMILES string of the molecule is CC/C=C\C/C=C\C/C=C\C/C=C\C/C=C\CCCCCC(=O)OCC(COP(=O)(O)OCC(O)COP(=O)(O)OCC(COC(=O)CCCCCCC/C=C\C/C=C\CCC)OC(=O)CCCCCCC/C=C\C/C=C\CCC)OC(=O)CCCCCCCCCCCCCCCCC. The zero-order chi connectivity index (χ0) is 73.2. The van der Waals surface area contributed by atoms with Crippen molar-refractivity contribution >= 4 is 39.5 Å². The Bertz CT molecular complexity index is 2320. The molecular weight excluding hydrogens is 1310 g/mol. The lowest BCUT2D eigenvalue weighted by molar-refractivity contribution is -0.161. The van der Waals surface area contributed by atoms with Crippen molar-refractivity contribution in [1.82, 2.24) is 0 Å². The van der Waals surface area contributed by atoms with Crippen LogP contribution in [0, 0.1) is 0 Å². The average Bonchev–Trinajstić information content (AvgIpc) is 0.946. The van der Waals surface area contributed by atoms with E-state index in [1.807, 2.05) is 0 Å². The van der Waals surface area contributed by atoms with Gasteiger partial charge in [0, 0.05) is 25.7 Å². The van der Waals surface area contributed by atoms with Crippen molar-refractivity contribution < 1.29 is 80.2 Å². The van der Waals surface area contributed by atoms with Crippen molar-refractivity contribution in [2.75, 3.05) is 39.6 Å². The molecule has 0 aromatic carbocycles. The van der Waals surface area contributed by atoms with E-state index < -0.39 is 97.5 Å². The lowest BCUT2D eigenvalue weighted by Gasteiger charge is -2.21. The van der Waals surface area contributed by atoms with Crippen molar-refractivity contribution in [2.24, 2.45) is 0 Å². The Morgan fingerprint density at radius 3 is 0.850 bits per heavy atom. The van der Waals surface area contributed by atoms with Gasteiger partial charge in [-0.15, -0.1) is 0 Å². The van der Waals surface area contributed by atoms with Gasteiger partial charge in [-0.1, -0.05) is 285 Å². The van der Waals surface area contributed by atoms with Gasteiger partial charge in [-0.2, -0.15) is 0 Å². The van der Waals surface area contributed by atoms with E-state index >= 15 is 0 Å². The number of hydrogen-bond donors (Lipinski definition) is 3. The standard InChI is InChI=1S/C81H140O17P2/c1-5-9-13-17-21-25-29-33-35-36-37-38-40-43-46-50-54-58-62-66-79(84)92-72-77(98-81(86)68-64-60-56-52-48-44-39-34-30-26-22-18-14-10-6-2)74-96-100(89,90)94-70-75(82)69-93-99(87,88)95-73-76(97-80(85)67-63-59-55-51-47-42-32-28-24-20-16-12-8-4)71-91-78(83)65-61-57-53-49-45-41-31-27-23-19-15-11-7-3/h9,13,15-16,19-21,25,27-28,31-33,35,37-38,43,46,75-77,82H,5-8,10-12,14,17-18,22-24,26,29-30,34,36,39-42,44-45,47-74H2,1-4H3,(H,87,88)(H,89,90)/b13-9-,19-15-,20-16-,25-21-,31-27-,32-28-,35-33-,38-37-,46-43-. The largest absolute Gasteiger partial charge is 0.472 e. The van der Waals surface area contributed by atoms with Crippen LogP contribution in [-0.2, 0) is 65.4 Å². The molecule has 0 aliphatic heterocycles. The molecule has 0 spiro atoms. The van der Waals surface area contributed by atoms with Crippen molar-refractivity contribution in [3.8, 4) is 0 Å². The summed E-state index contributed by atoms with van der Waals surface area (Å²) in [6.07, 6.45) is 77.9. The summed E-state index contributed by atoms with van der Waals surface area (Å²) in [7, 11) is -9.96. The minimum absolute atomic E-state index is 0.0747. The van der Waals surface area contributed by atoms with Crippen LogP contribution in [0.5, 0.6) is 0 Å². The lowest BCUT2D eigenvalue weighted by Crippen LogP contribution is -2.30. The van der Waals surface area contributed by atoms with Gasteiger partial charge in [0.25, 0.3) is 0 Å². The molecule has 576 valence electrons. The van der Waals surface area contributed by atoms with Gasteiger partial charge in [0.2, 0.25) is 0 Å². The molecule has 100 heavy (non-hydrogen) atoms. The topological polar surface area (TPSA) is 237 Å². The van der Waals surface area contributed by atoms with E-state index in [0.717, 1.165) is 180 Å². The highest BCUT2D eigenvalue weighted by Gasteiger charge is 2.30. The molecular formula is C81H140O17P2. The monoisotopic (exact) mass is 1450 g/mol. The number of hydrogen-bond acceptors (Lipinski definition) is 15. The maximum absolute atomic E-state index is 13.1. The van der Waals surface area contributed by atoms with Crippen molar-refractivity contribution in [2.45, 2.75) is 341 Å². The Morgan fingerprint density at radius 1 is 0.290 bits per heavy atom. The van der Waals surface area contributed by atoms with Gasteiger partial charge in [0.1, 0.15) is 19.3 Å². The molecule has 5 atom stereocenters. The molecule has 0 aliphatic carbocycles. The predicted octanol–water partition coefficient (Wildman–Crippen LogP) is 22.6. The van der Waals surface area contributed by atoms with Crippen molar-refractivity contribution in [3.05, 3.63) is 109 Å². The molecule has 0 fully saturated rings. The summed E-state index contributed by atoms with van der Waals surface area (Å²) in [5.41, 5.74) is 0. The second-order valence-electron chi connectivity index (χ2n) is 25.9. The van der Waals surface area contributed by atoms with E-state index in [2.05, 4.69) is 137 Å². The molecule has 0 saturated heterocycles. The lowest BCUT2D eigenvalue weighted by atomic mass is 10.0. The molecule has 0 amide bonds.